The second kappa shape index (κ2) is 6.43. The van der Waals surface area contributed by atoms with Crippen molar-refractivity contribution in [3.8, 4) is 0 Å². The van der Waals surface area contributed by atoms with Gasteiger partial charge in [-0.05, 0) is 31.0 Å². The summed E-state index contributed by atoms with van der Waals surface area (Å²) in [5.74, 6) is -0.436. The summed E-state index contributed by atoms with van der Waals surface area (Å²) in [6.45, 7) is 1.08. The first-order chi connectivity index (χ1) is 11.1. The molecule has 120 valence electrons. The van der Waals surface area contributed by atoms with Gasteiger partial charge < -0.3 is 5.32 Å². The maximum Gasteiger partial charge on any atom is 0.275 e. The van der Waals surface area contributed by atoms with Gasteiger partial charge in [0, 0.05) is 31.2 Å². The van der Waals surface area contributed by atoms with Gasteiger partial charge in [-0.1, -0.05) is 6.07 Å². The monoisotopic (exact) mass is 332 g/mol. The van der Waals surface area contributed by atoms with Crippen molar-refractivity contribution in [3.63, 3.8) is 0 Å². The number of sulfonamides is 1. The number of hydrogen-bond acceptors (Lipinski definition) is 5. The zero-order valence-corrected chi connectivity index (χ0v) is 13.2. The number of nitrogens with zero attached hydrogens (tertiary/aromatic N) is 3. The van der Waals surface area contributed by atoms with Gasteiger partial charge in [-0.2, -0.15) is 4.31 Å². The van der Waals surface area contributed by atoms with Crippen LogP contribution in [-0.2, 0) is 10.0 Å². The molecule has 1 aromatic heterocycles. The van der Waals surface area contributed by atoms with Crippen LogP contribution in [0.15, 0.2) is 47.8 Å². The number of anilines is 1. The number of benzene rings is 1. The average molecular weight is 332 g/mol. The topological polar surface area (TPSA) is 92.3 Å². The Morgan fingerprint density at radius 2 is 1.96 bits per heavy atom. The van der Waals surface area contributed by atoms with E-state index in [4.69, 9.17) is 0 Å². The predicted octanol–water partition coefficient (Wildman–Crippen LogP) is 1.51. The molecule has 0 radical (unpaired) electrons. The fourth-order valence-corrected chi connectivity index (χ4v) is 3.99. The Balaban J connectivity index is 1.81. The largest absolute Gasteiger partial charge is 0.321 e. The minimum absolute atomic E-state index is 0.167. The molecule has 1 saturated heterocycles. The lowest BCUT2D eigenvalue weighted by molar-refractivity contribution is 0.102. The predicted molar refractivity (Wildman–Crippen MR) is 84.4 cm³/mol. The van der Waals surface area contributed by atoms with Crippen LogP contribution in [-0.4, -0.2) is 41.7 Å². The second-order valence-corrected chi connectivity index (χ2v) is 7.12. The maximum absolute atomic E-state index is 12.5. The zero-order valence-electron chi connectivity index (χ0n) is 12.3. The highest BCUT2D eigenvalue weighted by Gasteiger charge is 2.27. The highest BCUT2D eigenvalue weighted by molar-refractivity contribution is 7.89. The van der Waals surface area contributed by atoms with Crippen LogP contribution in [0.5, 0.6) is 0 Å². The molecule has 0 aliphatic carbocycles. The van der Waals surface area contributed by atoms with Gasteiger partial charge in [0.1, 0.15) is 5.69 Å². The number of nitrogens with one attached hydrogen (secondary N) is 1. The van der Waals surface area contributed by atoms with E-state index in [0.717, 1.165) is 12.8 Å². The van der Waals surface area contributed by atoms with E-state index in [1.165, 1.54) is 35.0 Å². The van der Waals surface area contributed by atoms with Crippen LogP contribution in [0.1, 0.15) is 23.3 Å². The standard InChI is InChI=1S/C15H16N4O3S/c20-15(14-11-16-6-7-17-14)18-12-4-3-5-13(10-12)23(21,22)19-8-1-2-9-19/h3-7,10-11H,1-2,8-9H2,(H,18,20). The van der Waals surface area contributed by atoms with E-state index < -0.39 is 15.9 Å². The summed E-state index contributed by atoms with van der Waals surface area (Å²) in [5.41, 5.74) is 0.571. The number of amides is 1. The quantitative estimate of drug-likeness (QED) is 0.916. The third-order valence-electron chi connectivity index (χ3n) is 3.59. The Kier molecular flexibility index (Phi) is 4.35. The van der Waals surface area contributed by atoms with E-state index in [-0.39, 0.29) is 10.6 Å². The highest BCUT2D eigenvalue weighted by Crippen LogP contribution is 2.23. The van der Waals surface area contributed by atoms with Gasteiger partial charge >= 0.3 is 0 Å². The molecule has 1 amide bonds. The molecule has 7 nitrogen and oxygen atoms in total. The molecule has 8 heteroatoms. The van der Waals surface area contributed by atoms with Crippen molar-refractivity contribution in [2.45, 2.75) is 17.7 Å². The van der Waals surface area contributed by atoms with Gasteiger partial charge in [0.05, 0.1) is 11.1 Å². The molecule has 0 bridgehead atoms. The van der Waals surface area contributed by atoms with Crippen molar-refractivity contribution >= 4 is 21.6 Å². The molecule has 3 rings (SSSR count). The summed E-state index contributed by atoms with van der Waals surface area (Å²) >= 11 is 0. The first-order valence-electron chi connectivity index (χ1n) is 7.25. The SMILES string of the molecule is O=C(Nc1cccc(S(=O)(=O)N2CCCC2)c1)c1cnccn1. The molecule has 23 heavy (non-hydrogen) atoms. The Hall–Kier alpha value is -2.32. The molecule has 0 atom stereocenters. The summed E-state index contributed by atoms with van der Waals surface area (Å²) in [4.78, 5) is 20.0. The van der Waals surface area contributed by atoms with Gasteiger partial charge in [0.2, 0.25) is 10.0 Å². The van der Waals surface area contributed by atoms with Crippen molar-refractivity contribution < 1.29 is 13.2 Å². The number of carbonyl (C=O) groups excluding carboxylic acids is 1. The van der Waals surface area contributed by atoms with Gasteiger partial charge in [-0.15, -0.1) is 0 Å². The zero-order chi connectivity index (χ0) is 16.3. The van der Waals surface area contributed by atoms with Crippen LogP contribution in [0.25, 0.3) is 0 Å². The Morgan fingerprint density at radius 3 is 2.65 bits per heavy atom. The molecule has 1 fully saturated rings. The van der Waals surface area contributed by atoms with Crippen LogP contribution in [0.2, 0.25) is 0 Å². The molecule has 1 N–H and O–H groups in total. The van der Waals surface area contributed by atoms with E-state index in [1.54, 1.807) is 12.1 Å². The third kappa shape index (κ3) is 3.38. The summed E-state index contributed by atoms with van der Waals surface area (Å²) in [6.07, 6.45) is 5.99. The summed E-state index contributed by atoms with van der Waals surface area (Å²) < 4.78 is 26.5. The first kappa shape index (κ1) is 15.6. The molecule has 0 spiro atoms. The van der Waals surface area contributed by atoms with Crippen molar-refractivity contribution in [2.75, 3.05) is 18.4 Å². The van der Waals surface area contributed by atoms with E-state index in [2.05, 4.69) is 15.3 Å². The lowest BCUT2D eigenvalue weighted by atomic mass is 10.3. The lowest BCUT2D eigenvalue weighted by Crippen LogP contribution is -2.27. The third-order valence-corrected chi connectivity index (χ3v) is 5.49. The van der Waals surface area contributed by atoms with Crippen LogP contribution in [0.4, 0.5) is 5.69 Å². The maximum atomic E-state index is 12.5. The molecular formula is C15H16N4O3S. The molecule has 1 aromatic carbocycles. The summed E-state index contributed by atoms with van der Waals surface area (Å²) in [6, 6.07) is 6.24. The average Bonchev–Trinajstić information content (AvgIpc) is 3.11. The van der Waals surface area contributed by atoms with Crippen LogP contribution in [0, 0.1) is 0 Å². The van der Waals surface area contributed by atoms with Gasteiger partial charge in [-0.25, -0.2) is 13.4 Å². The Bertz CT molecular complexity index is 802. The minimum atomic E-state index is -3.51. The number of carbonyl (C=O) groups is 1. The lowest BCUT2D eigenvalue weighted by Gasteiger charge is -2.16. The van der Waals surface area contributed by atoms with Gasteiger partial charge in [0.15, 0.2) is 0 Å². The van der Waals surface area contributed by atoms with Gasteiger partial charge in [-0.3, -0.25) is 9.78 Å². The Morgan fingerprint density at radius 1 is 1.17 bits per heavy atom. The second-order valence-electron chi connectivity index (χ2n) is 5.18. The van der Waals surface area contributed by atoms with E-state index >= 15 is 0 Å². The van der Waals surface area contributed by atoms with Crippen LogP contribution in [0.3, 0.4) is 0 Å². The smallest absolute Gasteiger partial charge is 0.275 e. The number of aromatic nitrogens is 2. The summed E-state index contributed by atoms with van der Waals surface area (Å²) in [5, 5.41) is 2.64. The van der Waals surface area contributed by atoms with Crippen LogP contribution < -0.4 is 5.32 Å². The fourth-order valence-electron chi connectivity index (χ4n) is 2.42. The number of hydrogen-bond donors (Lipinski definition) is 1. The first-order valence-corrected chi connectivity index (χ1v) is 8.69. The molecule has 1 aliphatic heterocycles. The fraction of sp³-hybridized carbons (Fsp3) is 0.267. The highest BCUT2D eigenvalue weighted by atomic mass is 32.2. The Labute approximate surface area is 134 Å². The molecule has 2 aromatic rings. The van der Waals surface area contributed by atoms with Crippen molar-refractivity contribution in [1.82, 2.24) is 14.3 Å². The van der Waals surface area contributed by atoms with Crippen LogP contribution >= 0.6 is 0 Å². The normalized spacial score (nSPS) is 15.5. The van der Waals surface area contributed by atoms with Crippen molar-refractivity contribution in [3.05, 3.63) is 48.5 Å². The number of rotatable bonds is 4. The minimum Gasteiger partial charge on any atom is -0.321 e. The van der Waals surface area contributed by atoms with E-state index in [0.29, 0.717) is 18.8 Å². The van der Waals surface area contributed by atoms with Gasteiger partial charge in [0.25, 0.3) is 5.91 Å². The van der Waals surface area contributed by atoms with E-state index in [9.17, 15) is 13.2 Å². The molecule has 1 aliphatic rings. The van der Waals surface area contributed by atoms with Crippen molar-refractivity contribution in [2.24, 2.45) is 0 Å². The molecule has 0 saturated carbocycles. The molecular weight excluding hydrogens is 316 g/mol. The molecule has 2 heterocycles. The van der Waals surface area contributed by atoms with Crippen molar-refractivity contribution in [1.29, 1.82) is 0 Å². The summed E-state index contributed by atoms with van der Waals surface area (Å²) in [7, 11) is -3.51. The molecule has 0 unspecified atom stereocenters. The van der Waals surface area contributed by atoms with E-state index in [1.807, 2.05) is 0 Å².